The van der Waals surface area contributed by atoms with Crippen molar-refractivity contribution in [2.24, 2.45) is 7.05 Å². The number of fused-ring (bicyclic) bond motifs is 1. The van der Waals surface area contributed by atoms with Gasteiger partial charge < -0.3 is 16.0 Å². The highest BCUT2D eigenvalue weighted by molar-refractivity contribution is 5.96. The molecule has 0 radical (unpaired) electrons. The van der Waals surface area contributed by atoms with Crippen molar-refractivity contribution in [1.82, 2.24) is 34.5 Å². The highest BCUT2D eigenvalue weighted by atomic mass is 16.5. The highest BCUT2D eigenvalue weighted by Crippen LogP contribution is 2.28. The van der Waals surface area contributed by atoms with Crippen molar-refractivity contribution in [1.29, 1.82) is 0 Å². The Morgan fingerprint density at radius 3 is 2.36 bits per heavy atom. The zero-order valence-corrected chi connectivity index (χ0v) is 21.7. The summed E-state index contributed by atoms with van der Waals surface area (Å²) in [5, 5.41) is 9.57. The Morgan fingerprint density at radius 1 is 1.00 bits per heavy atom. The fraction of sp³-hybridized carbons (Fsp3) is 0.143. The highest BCUT2D eigenvalue weighted by Gasteiger charge is 2.16. The van der Waals surface area contributed by atoms with Gasteiger partial charge in [0.15, 0.2) is 5.82 Å². The number of aromatic nitrogens is 7. The first kappa shape index (κ1) is 25.3. The van der Waals surface area contributed by atoms with E-state index >= 15 is 0 Å². The molecule has 0 atom stereocenters. The number of aryl methyl sites for hydroxylation is 3. The summed E-state index contributed by atoms with van der Waals surface area (Å²) < 4.78 is 8.49. The second-order valence-corrected chi connectivity index (χ2v) is 8.80. The van der Waals surface area contributed by atoms with E-state index in [2.05, 4.69) is 38.2 Å². The summed E-state index contributed by atoms with van der Waals surface area (Å²) in [5.41, 5.74) is 15.4. The molecule has 4 aromatic heterocycles. The van der Waals surface area contributed by atoms with Gasteiger partial charge >= 0.3 is 0 Å². The molecule has 0 spiro atoms. The number of para-hydroxylation sites is 1. The summed E-state index contributed by atoms with van der Waals surface area (Å²) in [7, 11) is 1.88. The van der Waals surface area contributed by atoms with Gasteiger partial charge in [0, 0.05) is 30.2 Å². The molecule has 0 saturated carbocycles. The van der Waals surface area contributed by atoms with Gasteiger partial charge in [0.05, 0.1) is 11.6 Å². The lowest BCUT2D eigenvalue weighted by molar-refractivity contribution is 0.425. The predicted molar refractivity (Wildman–Crippen MR) is 150 cm³/mol. The van der Waals surface area contributed by atoms with Crippen molar-refractivity contribution < 1.29 is 4.52 Å². The SMILES string of the molecule is CCc1cc2cccc(-c3cnn(C)c3)c2c(=O)n1-c1ccccc1.Cc1noc(-c2c(N)ncnc2N)n1. The van der Waals surface area contributed by atoms with Crippen molar-refractivity contribution in [3.63, 3.8) is 0 Å². The monoisotopic (exact) mass is 521 g/mol. The number of anilines is 2. The number of hydrogen-bond donors (Lipinski definition) is 2. The van der Waals surface area contributed by atoms with Crippen molar-refractivity contribution in [2.75, 3.05) is 11.5 Å². The number of benzene rings is 2. The summed E-state index contributed by atoms with van der Waals surface area (Å²) in [5.74, 6) is 1.18. The topological polar surface area (TPSA) is 157 Å². The Labute approximate surface area is 223 Å². The number of nitrogens with two attached hydrogens (primary N) is 2. The van der Waals surface area contributed by atoms with Crippen LogP contribution in [0.5, 0.6) is 0 Å². The number of nitrogens with zero attached hydrogens (tertiary/aromatic N) is 7. The maximum Gasteiger partial charge on any atom is 0.265 e. The summed E-state index contributed by atoms with van der Waals surface area (Å²) in [4.78, 5) is 25.0. The smallest absolute Gasteiger partial charge is 0.265 e. The third-order valence-electron chi connectivity index (χ3n) is 6.16. The Bertz CT molecular complexity index is 1800. The average molecular weight is 522 g/mol. The van der Waals surface area contributed by atoms with E-state index in [1.54, 1.807) is 17.8 Å². The molecule has 6 aromatic rings. The zero-order chi connectivity index (χ0) is 27.5. The largest absolute Gasteiger partial charge is 0.383 e. The second kappa shape index (κ2) is 10.6. The minimum atomic E-state index is 0.0139. The fourth-order valence-electron chi connectivity index (χ4n) is 4.37. The van der Waals surface area contributed by atoms with Crippen molar-refractivity contribution in [3.05, 3.63) is 95.2 Å². The molecule has 0 aliphatic heterocycles. The van der Waals surface area contributed by atoms with Crippen LogP contribution < -0.4 is 17.0 Å². The molecule has 4 heterocycles. The van der Waals surface area contributed by atoms with E-state index < -0.39 is 0 Å². The summed E-state index contributed by atoms with van der Waals surface area (Å²) in [6, 6.07) is 17.9. The molecule has 0 aliphatic rings. The molecule has 0 saturated heterocycles. The molecule has 2 aromatic carbocycles. The molecule has 11 heteroatoms. The lowest BCUT2D eigenvalue weighted by Crippen LogP contribution is -2.22. The predicted octanol–water partition coefficient (Wildman–Crippen LogP) is 3.95. The first-order chi connectivity index (χ1) is 18.9. The Balaban J connectivity index is 0.000000186. The fourth-order valence-corrected chi connectivity index (χ4v) is 4.37. The van der Waals surface area contributed by atoms with E-state index in [4.69, 9.17) is 16.0 Å². The third-order valence-corrected chi connectivity index (χ3v) is 6.16. The standard InChI is InChI=1S/C21H19N3O.C7H8N6O/c1-3-17-12-15-8-7-11-19(16-13-22-23(2)14-16)20(15)21(25)24(17)18-9-5-4-6-10-18;1-3-12-7(14-13-3)4-5(8)10-2-11-6(4)9/h4-14H,3H2,1-2H3;2H,1H3,(H4,8,9,10,11). The van der Waals surface area contributed by atoms with Crippen LogP contribution in [0.2, 0.25) is 0 Å². The van der Waals surface area contributed by atoms with Crippen LogP contribution in [0.25, 0.3) is 39.0 Å². The lowest BCUT2D eigenvalue weighted by Gasteiger charge is -2.15. The normalized spacial score (nSPS) is 10.8. The third kappa shape index (κ3) is 4.97. The lowest BCUT2D eigenvalue weighted by atomic mass is 10.0. The molecule has 0 amide bonds. The van der Waals surface area contributed by atoms with Gasteiger partial charge in [-0.3, -0.25) is 14.0 Å². The van der Waals surface area contributed by atoms with Crippen molar-refractivity contribution >= 4 is 22.4 Å². The zero-order valence-electron chi connectivity index (χ0n) is 21.7. The van der Waals surface area contributed by atoms with Gasteiger partial charge in [-0.15, -0.1) is 0 Å². The summed E-state index contributed by atoms with van der Waals surface area (Å²) >= 11 is 0. The maximum atomic E-state index is 13.4. The van der Waals surface area contributed by atoms with Gasteiger partial charge in [0.1, 0.15) is 23.5 Å². The Morgan fingerprint density at radius 2 is 1.74 bits per heavy atom. The van der Waals surface area contributed by atoms with Crippen LogP contribution in [-0.4, -0.2) is 34.5 Å². The van der Waals surface area contributed by atoms with E-state index in [-0.39, 0.29) is 23.1 Å². The van der Waals surface area contributed by atoms with Gasteiger partial charge in [-0.2, -0.15) is 10.1 Å². The average Bonchev–Trinajstić information content (AvgIpc) is 3.57. The molecule has 39 heavy (non-hydrogen) atoms. The van der Waals surface area contributed by atoms with Crippen LogP contribution in [0, 0.1) is 6.92 Å². The van der Waals surface area contributed by atoms with Gasteiger partial charge in [-0.1, -0.05) is 48.5 Å². The minimum absolute atomic E-state index is 0.0139. The Kier molecular flexibility index (Phi) is 6.87. The van der Waals surface area contributed by atoms with Gasteiger partial charge in [-0.05, 0) is 42.5 Å². The van der Waals surface area contributed by atoms with Crippen LogP contribution in [0.1, 0.15) is 18.4 Å². The summed E-state index contributed by atoms with van der Waals surface area (Å²) in [6.07, 6.45) is 5.80. The van der Waals surface area contributed by atoms with Gasteiger partial charge in [0.2, 0.25) is 0 Å². The first-order valence-electron chi connectivity index (χ1n) is 12.3. The molecule has 6 rings (SSSR count). The number of pyridine rings is 1. The van der Waals surface area contributed by atoms with Crippen LogP contribution in [-0.2, 0) is 13.5 Å². The van der Waals surface area contributed by atoms with E-state index in [1.807, 2.05) is 66.3 Å². The van der Waals surface area contributed by atoms with Crippen LogP contribution in [0.15, 0.2) is 82.6 Å². The van der Waals surface area contributed by atoms with Crippen molar-refractivity contribution in [2.45, 2.75) is 20.3 Å². The molecule has 11 nitrogen and oxygen atoms in total. The van der Waals surface area contributed by atoms with E-state index in [0.29, 0.717) is 11.4 Å². The minimum Gasteiger partial charge on any atom is -0.383 e. The molecule has 0 unspecified atom stereocenters. The molecule has 0 bridgehead atoms. The summed E-state index contributed by atoms with van der Waals surface area (Å²) in [6.45, 7) is 3.77. The van der Waals surface area contributed by atoms with Gasteiger partial charge in [0.25, 0.3) is 11.4 Å². The molecule has 4 N–H and O–H groups in total. The van der Waals surface area contributed by atoms with Crippen molar-refractivity contribution in [3.8, 4) is 28.3 Å². The van der Waals surface area contributed by atoms with Gasteiger partial charge in [-0.25, -0.2) is 9.97 Å². The van der Waals surface area contributed by atoms with E-state index in [1.165, 1.54) is 6.33 Å². The number of rotatable bonds is 4. The second-order valence-electron chi connectivity index (χ2n) is 8.80. The molecule has 0 fully saturated rings. The Hall–Kier alpha value is -5.32. The number of hydrogen-bond acceptors (Lipinski definition) is 9. The van der Waals surface area contributed by atoms with E-state index in [0.717, 1.165) is 39.7 Å². The molecular weight excluding hydrogens is 494 g/mol. The molecule has 0 aliphatic carbocycles. The first-order valence-corrected chi connectivity index (χ1v) is 12.3. The molecular formula is C28H27N9O2. The van der Waals surface area contributed by atoms with Crippen LogP contribution in [0.4, 0.5) is 11.6 Å². The number of nitrogen functional groups attached to an aromatic ring is 2. The van der Waals surface area contributed by atoms with Crippen LogP contribution >= 0.6 is 0 Å². The van der Waals surface area contributed by atoms with E-state index in [9.17, 15) is 4.79 Å². The molecule has 196 valence electrons. The quantitative estimate of drug-likeness (QED) is 0.350. The maximum absolute atomic E-state index is 13.4. The van der Waals surface area contributed by atoms with Crippen LogP contribution in [0.3, 0.4) is 0 Å².